The monoisotopic (exact) mass is 657 g/mol. The number of nitrogens with zero attached hydrogens (tertiary/aromatic N) is 4. The van der Waals surface area contributed by atoms with Gasteiger partial charge in [0.25, 0.3) is 11.8 Å². The van der Waals surface area contributed by atoms with Crippen LogP contribution in [0.3, 0.4) is 0 Å². The molecule has 1 aliphatic rings. The number of Topliss-reactive ketones (excluding diaryl/α,β-unsaturated/α-hetero) is 1. The molecular weight excluding hydrogens is 612 g/mol. The van der Waals surface area contributed by atoms with Crippen LogP contribution in [0.25, 0.3) is 21.8 Å². The number of fused-ring (bicyclic) bond motifs is 2. The van der Waals surface area contributed by atoms with Crippen LogP contribution < -0.4 is 20.1 Å². The zero-order valence-corrected chi connectivity index (χ0v) is 27.9. The number of rotatable bonds is 15. The molecule has 2 aromatic carbocycles. The Hall–Kier alpha value is -4.94. The minimum Gasteiger partial charge on any atom is -0.484 e. The lowest BCUT2D eigenvalue weighted by Gasteiger charge is -2.42. The third-order valence-electron chi connectivity index (χ3n) is 8.26. The fourth-order valence-corrected chi connectivity index (χ4v) is 5.45. The number of para-hydroxylation sites is 2. The van der Waals surface area contributed by atoms with E-state index in [1.807, 2.05) is 69.4 Å². The Bertz CT molecular complexity index is 1690. The molecule has 1 atom stereocenters. The van der Waals surface area contributed by atoms with Crippen molar-refractivity contribution >= 4 is 45.7 Å². The molecule has 2 N–H and O–H groups in total. The third kappa shape index (κ3) is 10.0. The number of quaternary nitrogens is 1. The van der Waals surface area contributed by atoms with Gasteiger partial charge >= 0.3 is 0 Å². The predicted molar refractivity (Wildman–Crippen MR) is 184 cm³/mol. The van der Waals surface area contributed by atoms with E-state index in [1.54, 1.807) is 29.4 Å². The average molecular weight is 658 g/mol. The number of piperazine rings is 1. The Morgan fingerprint density at radius 3 is 2.17 bits per heavy atom. The highest BCUT2D eigenvalue weighted by molar-refractivity contribution is 5.88. The maximum atomic E-state index is 13.2. The second-order valence-electron chi connectivity index (χ2n) is 12.0. The number of carbonyl (C=O) groups excluding carboxylic acids is 4. The van der Waals surface area contributed by atoms with E-state index in [0.717, 1.165) is 42.2 Å². The molecule has 0 radical (unpaired) electrons. The van der Waals surface area contributed by atoms with Crippen molar-refractivity contribution in [3.8, 4) is 11.5 Å². The first-order valence-corrected chi connectivity index (χ1v) is 16.2. The number of hydrogen-bond donors (Lipinski definition) is 2. The Labute approximate surface area is 281 Å². The second kappa shape index (κ2) is 17.8. The minimum atomic E-state index is -0.254. The highest BCUT2D eigenvalue weighted by Gasteiger charge is 2.35. The number of carbonyl (C=O) groups is 4. The van der Waals surface area contributed by atoms with Gasteiger partial charge in [0.15, 0.2) is 25.2 Å². The fourth-order valence-electron chi connectivity index (χ4n) is 5.45. The van der Waals surface area contributed by atoms with Crippen LogP contribution in [-0.2, 0) is 19.2 Å². The number of ether oxygens (including phenoxy) is 2. The molecule has 2 amide bonds. The largest absolute Gasteiger partial charge is 0.484 e. The molecule has 0 saturated carbocycles. The highest BCUT2D eigenvalue weighted by atomic mass is 16.5. The molecule has 254 valence electrons. The Morgan fingerprint density at radius 1 is 0.958 bits per heavy atom. The molecule has 1 saturated heterocycles. The lowest BCUT2D eigenvalue weighted by Crippen LogP contribution is -2.64. The van der Waals surface area contributed by atoms with E-state index in [1.165, 1.54) is 0 Å². The number of ketones is 1. The van der Waals surface area contributed by atoms with Gasteiger partial charge in [-0.15, -0.1) is 0 Å². The Kier molecular flexibility index (Phi) is 13.3. The van der Waals surface area contributed by atoms with Gasteiger partial charge in [-0.3, -0.25) is 29.1 Å². The van der Waals surface area contributed by atoms with Crippen LogP contribution in [0.15, 0.2) is 73.1 Å². The summed E-state index contributed by atoms with van der Waals surface area (Å²) in [5, 5.41) is 7.98. The number of benzene rings is 2. The van der Waals surface area contributed by atoms with Crippen molar-refractivity contribution in [1.82, 2.24) is 25.5 Å². The van der Waals surface area contributed by atoms with Crippen molar-refractivity contribution in [2.45, 2.75) is 13.8 Å². The summed E-state index contributed by atoms with van der Waals surface area (Å²) < 4.78 is 11.7. The van der Waals surface area contributed by atoms with Crippen LogP contribution in [-0.4, -0.2) is 116 Å². The predicted octanol–water partition coefficient (Wildman–Crippen LogP) is 2.65. The first kappa shape index (κ1) is 35.9. The molecule has 5 rings (SSSR count). The lowest BCUT2D eigenvalue weighted by atomic mass is 10.1. The van der Waals surface area contributed by atoms with Gasteiger partial charge in [0.2, 0.25) is 0 Å². The van der Waals surface area contributed by atoms with Crippen molar-refractivity contribution in [2.75, 3.05) is 72.6 Å². The van der Waals surface area contributed by atoms with E-state index in [4.69, 9.17) is 9.47 Å². The lowest BCUT2D eigenvalue weighted by molar-refractivity contribution is -0.920. The molecule has 0 bridgehead atoms. The number of aldehydes is 1. The summed E-state index contributed by atoms with van der Waals surface area (Å²) in [6.45, 7) is 7.89. The van der Waals surface area contributed by atoms with E-state index >= 15 is 0 Å². The van der Waals surface area contributed by atoms with Crippen LogP contribution in [0.5, 0.6) is 11.5 Å². The summed E-state index contributed by atoms with van der Waals surface area (Å²) in [5.41, 5.74) is 1.48. The summed E-state index contributed by atoms with van der Waals surface area (Å²) in [7, 11) is 1.89. The van der Waals surface area contributed by atoms with Gasteiger partial charge in [-0.05, 0) is 31.3 Å². The van der Waals surface area contributed by atoms with Gasteiger partial charge in [-0.25, -0.2) is 0 Å². The van der Waals surface area contributed by atoms with Crippen molar-refractivity contribution in [2.24, 2.45) is 5.92 Å². The molecule has 48 heavy (non-hydrogen) atoms. The molecule has 1 fully saturated rings. The first-order valence-electron chi connectivity index (χ1n) is 16.2. The highest BCUT2D eigenvalue weighted by Crippen LogP contribution is 2.24. The van der Waals surface area contributed by atoms with Gasteiger partial charge in [-0.1, -0.05) is 50.2 Å². The number of likely N-dealkylation sites (N-methyl/N-ethyl adjacent to an activating group) is 1. The van der Waals surface area contributed by atoms with Crippen LogP contribution >= 0.6 is 0 Å². The molecular formula is C36H45N6O6+. The number of aromatic nitrogens is 2. The summed E-state index contributed by atoms with van der Waals surface area (Å²) in [6, 6.07) is 18.8. The van der Waals surface area contributed by atoms with Gasteiger partial charge < -0.3 is 29.5 Å². The SMILES string of the molecule is CNCC[N+]1(CCN(CC(=O)C(C)C)C(=O)COc2cccc3cccnc23)CCNC(=O)C1.O=CCOc1cccc2cccnc12. The van der Waals surface area contributed by atoms with E-state index in [9.17, 15) is 19.2 Å². The Morgan fingerprint density at radius 2 is 1.58 bits per heavy atom. The standard InChI is InChI=1S/C25H35N5O4.C11H9NO2/c1-19(2)21(31)16-29(12-15-30(13-10-26-3)14-11-27-23(32)17-30)24(33)18-34-22-8-4-6-20-7-5-9-28-25(20)22;13-7-8-14-10-5-1-3-9-4-2-6-12-11(9)10/h4-9,19,26H,10-18H2,1-3H3;1-7H,8H2/p+1. The molecule has 12 nitrogen and oxygen atoms in total. The number of pyridine rings is 2. The van der Waals surface area contributed by atoms with Gasteiger partial charge in [0, 0.05) is 35.6 Å². The second-order valence-corrected chi connectivity index (χ2v) is 12.0. The zero-order valence-electron chi connectivity index (χ0n) is 27.9. The Balaban J connectivity index is 0.000000307. The molecule has 1 unspecified atom stereocenters. The van der Waals surface area contributed by atoms with Crippen molar-refractivity contribution in [3.05, 3.63) is 73.1 Å². The van der Waals surface area contributed by atoms with Gasteiger partial charge in [-0.2, -0.15) is 0 Å². The zero-order chi connectivity index (χ0) is 34.4. The molecule has 3 heterocycles. The molecule has 4 aromatic rings. The minimum absolute atomic E-state index is 0.00154. The first-order chi connectivity index (χ1) is 23.2. The van der Waals surface area contributed by atoms with E-state index in [2.05, 4.69) is 20.6 Å². The van der Waals surface area contributed by atoms with Gasteiger partial charge in [0.05, 0.1) is 39.3 Å². The number of nitrogens with one attached hydrogen (secondary N) is 2. The molecule has 2 aromatic heterocycles. The molecule has 1 aliphatic heterocycles. The normalized spacial score (nSPS) is 15.7. The fraction of sp³-hybridized carbons (Fsp3) is 0.389. The smallest absolute Gasteiger partial charge is 0.275 e. The van der Waals surface area contributed by atoms with Crippen LogP contribution in [0, 0.1) is 5.92 Å². The summed E-state index contributed by atoms with van der Waals surface area (Å²) in [6.07, 6.45) is 4.12. The van der Waals surface area contributed by atoms with Crippen molar-refractivity contribution < 1.29 is 33.1 Å². The van der Waals surface area contributed by atoms with Crippen LogP contribution in [0.1, 0.15) is 13.8 Å². The number of amides is 2. The molecule has 0 aliphatic carbocycles. The summed E-state index contributed by atoms with van der Waals surface area (Å²) >= 11 is 0. The van der Waals surface area contributed by atoms with Crippen molar-refractivity contribution in [3.63, 3.8) is 0 Å². The van der Waals surface area contributed by atoms with Crippen molar-refractivity contribution in [1.29, 1.82) is 0 Å². The number of hydrogen-bond acceptors (Lipinski definition) is 9. The summed E-state index contributed by atoms with van der Waals surface area (Å²) in [4.78, 5) is 58.2. The van der Waals surface area contributed by atoms with Gasteiger partial charge in [0.1, 0.15) is 29.1 Å². The quantitative estimate of drug-likeness (QED) is 0.146. The average Bonchev–Trinajstić information content (AvgIpc) is 3.10. The van der Waals surface area contributed by atoms with E-state index in [0.29, 0.717) is 47.7 Å². The van der Waals surface area contributed by atoms with Crippen LogP contribution in [0.2, 0.25) is 0 Å². The topological polar surface area (TPSA) is 140 Å². The summed E-state index contributed by atoms with van der Waals surface area (Å²) in [5.74, 6) is 0.771. The van der Waals surface area contributed by atoms with E-state index in [-0.39, 0.29) is 43.3 Å². The van der Waals surface area contributed by atoms with E-state index < -0.39 is 0 Å². The maximum absolute atomic E-state index is 13.2. The third-order valence-corrected chi connectivity index (χ3v) is 8.26. The maximum Gasteiger partial charge on any atom is 0.275 e. The molecule has 0 spiro atoms. The van der Waals surface area contributed by atoms with Crippen LogP contribution in [0.4, 0.5) is 0 Å². The molecule has 12 heteroatoms.